The highest BCUT2D eigenvalue weighted by atomic mass is 32.2. The zero-order chi connectivity index (χ0) is 16.0. The molecule has 122 valence electrons. The molecule has 22 heavy (non-hydrogen) atoms. The van der Waals surface area contributed by atoms with Crippen molar-refractivity contribution in [2.45, 2.75) is 39.5 Å². The van der Waals surface area contributed by atoms with Gasteiger partial charge in [-0.05, 0) is 53.0 Å². The maximum absolute atomic E-state index is 12.5. The van der Waals surface area contributed by atoms with Crippen LogP contribution in [0.3, 0.4) is 0 Å². The largest absolute Gasteiger partial charge is 0.299 e. The second-order valence-corrected chi connectivity index (χ2v) is 9.79. The third kappa shape index (κ3) is 2.55. The molecule has 0 radical (unpaired) electrons. The van der Waals surface area contributed by atoms with E-state index in [9.17, 15) is 13.2 Å². The minimum absolute atomic E-state index is 0.0496. The highest BCUT2D eigenvalue weighted by Crippen LogP contribution is 2.64. The number of carbonyl (C=O) groups is 1. The molecule has 0 amide bonds. The molecule has 2 bridgehead atoms. The standard InChI is InChI=1S/C16H23NO3S2/c1-15(2)13-3-6-16(15,14(18)9-13)11-22(19,20)17-7-4-12-5-8-21-10-12/h5,8,10,13,17H,3-4,6-7,9,11H2,1-2H3. The summed E-state index contributed by atoms with van der Waals surface area (Å²) in [4.78, 5) is 12.4. The van der Waals surface area contributed by atoms with Gasteiger partial charge in [-0.3, -0.25) is 4.79 Å². The third-order valence-electron chi connectivity index (χ3n) is 5.89. The number of hydrogen-bond donors (Lipinski definition) is 1. The van der Waals surface area contributed by atoms with Gasteiger partial charge in [-0.2, -0.15) is 11.3 Å². The van der Waals surface area contributed by atoms with Crippen LogP contribution < -0.4 is 4.72 Å². The van der Waals surface area contributed by atoms with E-state index in [-0.39, 0.29) is 17.0 Å². The Bertz CT molecular complexity index is 664. The maximum Gasteiger partial charge on any atom is 0.212 e. The van der Waals surface area contributed by atoms with Crippen LogP contribution in [0.4, 0.5) is 0 Å². The molecule has 2 saturated carbocycles. The van der Waals surface area contributed by atoms with Crippen molar-refractivity contribution >= 4 is 27.1 Å². The van der Waals surface area contributed by atoms with E-state index in [1.807, 2.05) is 16.8 Å². The molecule has 1 aromatic heterocycles. The average molecular weight is 341 g/mol. The predicted molar refractivity (Wildman–Crippen MR) is 88.4 cm³/mol. The minimum atomic E-state index is -3.43. The number of sulfonamides is 1. The van der Waals surface area contributed by atoms with Crippen molar-refractivity contribution in [2.75, 3.05) is 12.3 Å². The summed E-state index contributed by atoms with van der Waals surface area (Å²) in [6, 6.07) is 2.00. The fourth-order valence-electron chi connectivity index (χ4n) is 4.27. The highest BCUT2D eigenvalue weighted by Gasteiger charge is 2.65. The van der Waals surface area contributed by atoms with Crippen molar-refractivity contribution < 1.29 is 13.2 Å². The van der Waals surface area contributed by atoms with Crippen LogP contribution in [-0.2, 0) is 21.2 Å². The summed E-state index contributed by atoms with van der Waals surface area (Å²) in [5.41, 5.74) is 0.266. The molecule has 4 nitrogen and oxygen atoms in total. The molecule has 2 fully saturated rings. The van der Waals surface area contributed by atoms with Crippen LogP contribution in [0.15, 0.2) is 16.8 Å². The van der Waals surface area contributed by atoms with Gasteiger partial charge in [0.25, 0.3) is 0 Å². The van der Waals surface area contributed by atoms with Crippen LogP contribution in [0.1, 0.15) is 38.7 Å². The monoisotopic (exact) mass is 341 g/mol. The van der Waals surface area contributed by atoms with Gasteiger partial charge < -0.3 is 0 Å². The molecule has 3 rings (SSSR count). The second-order valence-electron chi connectivity index (χ2n) is 7.20. The lowest BCUT2D eigenvalue weighted by molar-refractivity contribution is -0.128. The first-order chi connectivity index (χ1) is 10.3. The second kappa shape index (κ2) is 5.42. The van der Waals surface area contributed by atoms with Crippen molar-refractivity contribution in [1.82, 2.24) is 4.72 Å². The van der Waals surface area contributed by atoms with Gasteiger partial charge in [0.05, 0.1) is 5.75 Å². The van der Waals surface area contributed by atoms with E-state index in [0.29, 0.717) is 25.3 Å². The average Bonchev–Trinajstić information content (AvgIpc) is 3.04. The highest BCUT2D eigenvalue weighted by molar-refractivity contribution is 7.89. The first-order valence-electron chi connectivity index (χ1n) is 7.79. The summed E-state index contributed by atoms with van der Waals surface area (Å²) >= 11 is 1.61. The SMILES string of the molecule is CC1(C)C2CCC1(CS(=O)(=O)NCCc1ccsc1)C(=O)C2. The summed E-state index contributed by atoms with van der Waals surface area (Å²) in [6.45, 7) is 4.53. The summed E-state index contributed by atoms with van der Waals surface area (Å²) in [7, 11) is -3.43. The molecular weight excluding hydrogens is 318 g/mol. The number of hydrogen-bond acceptors (Lipinski definition) is 4. The number of fused-ring (bicyclic) bond motifs is 2. The van der Waals surface area contributed by atoms with E-state index in [0.717, 1.165) is 18.4 Å². The molecule has 0 spiro atoms. The lowest BCUT2D eigenvalue weighted by Gasteiger charge is -2.36. The van der Waals surface area contributed by atoms with E-state index in [1.165, 1.54) is 0 Å². The first-order valence-corrected chi connectivity index (χ1v) is 10.4. The molecule has 1 N–H and O–H groups in total. The Labute approximate surface area is 136 Å². The molecule has 0 aromatic carbocycles. The van der Waals surface area contributed by atoms with Gasteiger partial charge in [0.1, 0.15) is 5.78 Å². The fraction of sp³-hybridized carbons (Fsp3) is 0.688. The minimum Gasteiger partial charge on any atom is -0.299 e. The van der Waals surface area contributed by atoms with E-state index < -0.39 is 15.4 Å². The van der Waals surface area contributed by atoms with Crippen LogP contribution >= 0.6 is 11.3 Å². The normalized spacial score (nSPS) is 30.1. The van der Waals surface area contributed by atoms with Crippen LogP contribution in [0.2, 0.25) is 0 Å². The predicted octanol–water partition coefficient (Wildman–Crippen LogP) is 2.61. The van der Waals surface area contributed by atoms with E-state index in [1.54, 1.807) is 11.3 Å². The zero-order valence-corrected chi connectivity index (χ0v) is 14.7. The lowest BCUT2D eigenvalue weighted by Crippen LogP contribution is -2.45. The third-order valence-corrected chi connectivity index (χ3v) is 8.14. The molecule has 2 atom stereocenters. The van der Waals surface area contributed by atoms with Crippen molar-refractivity contribution in [3.8, 4) is 0 Å². The Kier molecular flexibility index (Phi) is 3.98. The number of thiophene rings is 1. The Morgan fingerprint density at radius 2 is 2.18 bits per heavy atom. The molecule has 2 unspecified atom stereocenters. The molecule has 2 aliphatic carbocycles. The Morgan fingerprint density at radius 3 is 2.73 bits per heavy atom. The van der Waals surface area contributed by atoms with Gasteiger partial charge in [0.15, 0.2) is 0 Å². The number of carbonyl (C=O) groups excluding carboxylic acids is 1. The molecule has 1 heterocycles. The maximum atomic E-state index is 12.5. The number of nitrogens with one attached hydrogen (secondary N) is 1. The van der Waals surface area contributed by atoms with Gasteiger partial charge in [-0.1, -0.05) is 13.8 Å². The van der Waals surface area contributed by atoms with Crippen LogP contribution in [-0.4, -0.2) is 26.5 Å². The molecule has 1 aromatic rings. The van der Waals surface area contributed by atoms with Crippen LogP contribution in [0.5, 0.6) is 0 Å². The quantitative estimate of drug-likeness (QED) is 0.865. The number of rotatable bonds is 6. The van der Waals surface area contributed by atoms with E-state index >= 15 is 0 Å². The Balaban J connectivity index is 1.67. The van der Waals surface area contributed by atoms with Crippen molar-refractivity contribution in [1.29, 1.82) is 0 Å². The van der Waals surface area contributed by atoms with Crippen molar-refractivity contribution in [3.63, 3.8) is 0 Å². The molecule has 6 heteroatoms. The number of Topliss-reactive ketones (excluding diaryl/α,β-unsaturated/α-hetero) is 1. The Hall–Kier alpha value is -0.720. The Morgan fingerprint density at radius 1 is 1.41 bits per heavy atom. The van der Waals surface area contributed by atoms with Crippen LogP contribution in [0.25, 0.3) is 0 Å². The van der Waals surface area contributed by atoms with Gasteiger partial charge in [-0.25, -0.2) is 13.1 Å². The van der Waals surface area contributed by atoms with E-state index in [2.05, 4.69) is 18.6 Å². The van der Waals surface area contributed by atoms with Gasteiger partial charge in [0, 0.05) is 18.4 Å². The summed E-state index contributed by atoms with van der Waals surface area (Å²) < 4.78 is 27.6. The molecule has 0 saturated heterocycles. The van der Waals surface area contributed by atoms with Crippen molar-refractivity contribution in [2.24, 2.45) is 16.7 Å². The number of ketones is 1. The van der Waals surface area contributed by atoms with Crippen molar-refractivity contribution in [3.05, 3.63) is 22.4 Å². The van der Waals surface area contributed by atoms with Crippen LogP contribution in [0, 0.1) is 16.7 Å². The van der Waals surface area contributed by atoms with Gasteiger partial charge in [0.2, 0.25) is 10.0 Å². The molecule has 0 aliphatic heterocycles. The van der Waals surface area contributed by atoms with Gasteiger partial charge in [-0.15, -0.1) is 0 Å². The summed E-state index contributed by atoms with van der Waals surface area (Å²) in [5, 5.41) is 4.01. The topological polar surface area (TPSA) is 63.2 Å². The molecular formula is C16H23NO3S2. The molecule has 2 aliphatic rings. The van der Waals surface area contributed by atoms with E-state index in [4.69, 9.17) is 0 Å². The first kappa shape index (κ1) is 16.1. The lowest BCUT2D eigenvalue weighted by atomic mass is 9.70. The summed E-state index contributed by atoms with van der Waals surface area (Å²) in [6.07, 6.45) is 2.94. The van der Waals surface area contributed by atoms with Gasteiger partial charge >= 0.3 is 0 Å². The summed E-state index contributed by atoms with van der Waals surface area (Å²) in [5.74, 6) is 0.448. The zero-order valence-electron chi connectivity index (χ0n) is 13.1. The smallest absolute Gasteiger partial charge is 0.212 e. The fourth-order valence-corrected chi connectivity index (χ4v) is 6.81.